The molecule has 5 nitrogen and oxygen atoms in total. The minimum atomic E-state index is 0.387. The van der Waals surface area contributed by atoms with Crippen LogP contribution in [0.3, 0.4) is 0 Å². The van der Waals surface area contributed by atoms with Crippen LogP contribution >= 0.6 is 0 Å². The van der Waals surface area contributed by atoms with E-state index < -0.39 is 0 Å². The molecule has 19 heavy (non-hydrogen) atoms. The molecule has 2 N–H and O–H groups in total. The van der Waals surface area contributed by atoms with Gasteiger partial charge >= 0.3 is 0 Å². The molecule has 3 atom stereocenters. The first-order valence-electron chi connectivity index (χ1n) is 7.26. The van der Waals surface area contributed by atoms with Gasteiger partial charge in [-0.1, -0.05) is 6.92 Å². The Kier molecular flexibility index (Phi) is 3.86. The highest BCUT2D eigenvalue weighted by atomic mass is 16.5. The van der Waals surface area contributed by atoms with Crippen molar-refractivity contribution in [3.63, 3.8) is 0 Å². The highest BCUT2D eigenvalue weighted by Crippen LogP contribution is 2.20. The third kappa shape index (κ3) is 2.83. The predicted octanol–water partition coefficient (Wildman–Crippen LogP) is 0.781. The van der Waals surface area contributed by atoms with Gasteiger partial charge in [-0.15, -0.1) is 0 Å². The van der Waals surface area contributed by atoms with Crippen LogP contribution in [0.1, 0.15) is 24.7 Å². The van der Waals surface area contributed by atoms with Gasteiger partial charge in [0.1, 0.15) is 0 Å². The second-order valence-electron chi connectivity index (χ2n) is 5.91. The van der Waals surface area contributed by atoms with Crippen LogP contribution in [0.4, 0.5) is 0 Å². The molecule has 2 aliphatic rings. The molecule has 5 heteroatoms. The van der Waals surface area contributed by atoms with Crippen molar-refractivity contribution < 1.29 is 4.74 Å². The Morgan fingerprint density at radius 2 is 2.42 bits per heavy atom. The SMILES string of the molecule is COC1CN(CC2Cc3nc[nH]c3CN2)CCC1C. The number of hydrogen-bond donors (Lipinski definition) is 2. The molecule has 1 saturated heterocycles. The standard InChI is InChI=1S/C14H24N4O/c1-10-3-4-18(8-14(10)19-2)7-11-5-12-13(6-15-11)17-9-16-12/h9-11,14-15H,3-8H2,1-2H3,(H,16,17). The number of nitrogens with zero attached hydrogens (tertiary/aromatic N) is 2. The van der Waals surface area contributed by atoms with Crippen LogP contribution in [-0.2, 0) is 17.7 Å². The van der Waals surface area contributed by atoms with Crippen LogP contribution < -0.4 is 5.32 Å². The van der Waals surface area contributed by atoms with Gasteiger partial charge in [-0.3, -0.25) is 4.90 Å². The average Bonchev–Trinajstić information content (AvgIpc) is 2.88. The zero-order chi connectivity index (χ0) is 13.2. The zero-order valence-corrected chi connectivity index (χ0v) is 11.9. The number of methoxy groups -OCH3 is 1. The normalized spacial score (nSPS) is 32.2. The van der Waals surface area contributed by atoms with Crippen molar-refractivity contribution in [2.24, 2.45) is 5.92 Å². The summed E-state index contributed by atoms with van der Waals surface area (Å²) in [5, 5.41) is 3.60. The minimum Gasteiger partial charge on any atom is -0.380 e. The van der Waals surface area contributed by atoms with E-state index in [4.69, 9.17) is 4.74 Å². The van der Waals surface area contributed by atoms with Gasteiger partial charge in [-0.25, -0.2) is 4.98 Å². The minimum absolute atomic E-state index is 0.387. The Balaban J connectivity index is 1.55. The fraction of sp³-hybridized carbons (Fsp3) is 0.786. The molecule has 3 rings (SSSR count). The number of rotatable bonds is 3. The third-order valence-electron chi connectivity index (χ3n) is 4.57. The molecular formula is C14H24N4O. The molecule has 1 aromatic rings. The number of aromatic nitrogens is 2. The lowest BCUT2D eigenvalue weighted by atomic mass is 9.95. The highest BCUT2D eigenvalue weighted by Gasteiger charge is 2.28. The molecule has 0 amide bonds. The maximum absolute atomic E-state index is 5.59. The molecule has 2 aliphatic heterocycles. The van der Waals surface area contributed by atoms with Crippen LogP contribution in [0.15, 0.2) is 6.33 Å². The van der Waals surface area contributed by atoms with Crippen molar-refractivity contribution in [1.82, 2.24) is 20.2 Å². The number of nitrogens with one attached hydrogen (secondary N) is 2. The van der Waals surface area contributed by atoms with E-state index in [1.165, 1.54) is 24.4 Å². The molecule has 0 aliphatic carbocycles. The molecule has 0 spiro atoms. The van der Waals surface area contributed by atoms with E-state index in [1.807, 2.05) is 7.11 Å². The summed E-state index contributed by atoms with van der Waals surface area (Å²) in [6, 6.07) is 0.515. The van der Waals surface area contributed by atoms with Crippen molar-refractivity contribution in [3.8, 4) is 0 Å². The number of imidazole rings is 1. The van der Waals surface area contributed by atoms with Crippen molar-refractivity contribution in [1.29, 1.82) is 0 Å². The van der Waals surface area contributed by atoms with Gasteiger partial charge in [0, 0.05) is 39.2 Å². The monoisotopic (exact) mass is 264 g/mol. The fourth-order valence-electron chi connectivity index (χ4n) is 3.24. The predicted molar refractivity (Wildman–Crippen MR) is 73.9 cm³/mol. The van der Waals surface area contributed by atoms with Gasteiger partial charge in [0.25, 0.3) is 0 Å². The fourth-order valence-corrected chi connectivity index (χ4v) is 3.24. The van der Waals surface area contributed by atoms with Gasteiger partial charge < -0.3 is 15.0 Å². The number of ether oxygens (including phenoxy) is 1. The highest BCUT2D eigenvalue weighted by molar-refractivity contribution is 5.16. The lowest BCUT2D eigenvalue weighted by molar-refractivity contribution is -0.00766. The quantitative estimate of drug-likeness (QED) is 0.847. The van der Waals surface area contributed by atoms with E-state index in [1.54, 1.807) is 6.33 Å². The molecule has 0 radical (unpaired) electrons. The summed E-state index contributed by atoms with van der Waals surface area (Å²) in [6.07, 6.45) is 4.46. The Hall–Kier alpha value is -0.910. The first-order chi connectivity index (χ1) is 9.26. The Bertz CT molecular complexity index is 419. The summed E-state index contributed by atoms with van der Waals surface area (Å²) in [4.78, 5) is 10.1. The van der Waals surface area contributed by atoms with E-state index in [2.05, 4.69) is 27.1 Å². The van der Waals surface area contributed by atoms with Gasteiger partial charge in [-0.2, -0.15) is 0 Å². The van der Waals surface area contributed by atoms with Crippen LogP contribution in [0.2, 0.25) is 0 Å². The average molecular weight is 264 g/mol. The summed E-state index contributed by atoms with van der Waals surface area (Å²) >= 11 is 0. The molecule has 106 valence electrons. The molecular weight excluding hydrogens is 240 g/mol. The molecule has 0 aromatic carbocycles. The van der Waals surface area contributed by atoms with Crippen LogP contribution in [-0.4, -0.2) is 53.8 Å². The third-order valence-corrected chi connectivity index (χ3v) is 4.57. The summed E-state index contributed by atoms with van der Waals surface area (Å²) < 4.78 is 5.59. The second-order valence-corrected chi connectivity index (χ2v) is 5.91. The molecule has 1 aromatic heterocycles. The molecule has 1 fully saturated rings. The topological polar surface area (TPSA) is 53.2 Å². The van der Waals surface area contributed by atoms with Crippen molar-refractivity contribution in [3.05, 3.63) is 17.7 Å². The first-order valence-corrected chi connectivity index (χ1v) is 7.26. The molecule has 3 heterocycles. The summed E-state index contributed by atoms with van der Waals surface area (Å²) in [6.45, 7) is 6.55. The lowest BCUT2D eigenvalue weighted by Crippen LogP contribution is -2.50. The number of aromatic amines is 1. The second kappa shape index (κ2) is 5.61. The molecule has 3 unspecified atom stereocenters. The van der Waals surface area contributed by atoms with E-state index in [9.17, 15) is 0 Å². The smallest absolute Gasteiger partial charge is 0.0925 e. The van der Waals surface area contributed by atoms with Crippen LogP contribution in [0.25, 0.3) is 0 Å². The number of likely N-dealkylation sites (tertiary alicyclic amines) is 1. The number of fused-ring (bicyclic) bond motifs is 1. The largest absolute Gasteiger partial charge is 0.380 e. The number of hydrogen-bond acceptors (Lipinski definition) is 4. The number of H-pyrrole nitrogens is 1. The molecule has 0 saturated carbocycles. The van der Waals surface area contributed by atoms with Gasteiger partial charge in [-0.05, 0) is 18.9 Å². The summed E-state index contributed by atoms with van der Waals surface area (Å²) in [7, 11) is 1.83. The van der Waals surface area contributed by atoms with Gasteiger partial charge in [0.15, 0.2) is 0 Å². The number of piperidine rings is 1. The van der Waals surface area contributed by atoms with E-state index in [0.717, 1.165) is 26.1 Å². The van der Waals surface area contributed by atoms with Crippen molar-refractivity contribution in [2.45, 2.75) is 38.5 Å². The van der Waals surface area contributed by atoms with E-state index >= 15 is 0 Å². The summed E-state index contributed by atoms with van der Waals surface area (Å²) in [5.74, 6) is 0.679. The Morgan fingerprint density at radius 1 is 1.53 bits per heavy atom. The van der Waals surface area contributed by atoms with E-state index in [0.29, 0.717) is 18.1 Å². The van der Waals surface area contributed by atoms with Gasteiger partial charge in [0.2, 0.25) is 0 Å². The van der Waals surface area contributed by atoms with Crippen LogP contribution in [0.5, 0.6) is 0 Å². The maximum atomic E-state index is 5.59. The first kappa shape index (κ1) is 13.1. The zero-order valence-electron chi connectivity index (χ0n) is 11.9. The Morgan fingerprint density at radius 3 is 3.26 bits per heavy atom. The maximum Gasteiger partial charge on any atom is 0.0925 e. The van der Waals surface area contributed by atoms with Crippen molar-refractivity contribution in [2.75, 3.05) is 26.7 Å². The van der Waals surface area contributed by atoms with Gasteiger partial charge in [0.05, 0.1) is 23.8 Å². The van der Waals surface area contributed by atoms with E-state index in [-0.39, 0.29) is 0 Å². The van der Waals surface area contributed by atoms with Crippen molar-refractivity contribution >= 4 is 0 Å². The lowest BCUT2D eigenvalue weighted by Gasteiger charge is -2.38. The Labute approximate surface area is 114 Å². The summed E-state index contributed by atoms with van der Waals surface area (Å²) in [5.41, 5.74) is 2.48. The van der Waals surface area contributed by atoms with Crippen LogP contribution in [0, 0.1) is 5.92 Å². The molecule has 0 bridgehead atoms.